The number of rotatable bonds is 3. The van der Waals surface area contributed by atoms with Crippen molar-refractivity contribution in [2.45, 2.75) is 6.92 Å². The van der Waals surface area contributed by atoms with Crippen LogP contribution in [0.1, 0.15) is 15.9 Å². The number of benzene rings is 2. The van der Waals surface area contributed by atoms with Crippen LogP contribution in [0.5, 0.6) is 0 Å². The number of carbonyl (C=O) groups excluding carboxylic acids is 1. The number of nitro benzene ring substituents is 1. The largest absolute Gasteiger partial charge is 0.321 e. The van der Waals surface area contributed by atoms with Gasteiger partial charge in [0.25, 0.3) is 11.6 Å². The van der Waals surface area contributed by atoms with Gasteiger partial charge in [-0.3, -0.25) is 14.9 Å². The lowest BCUT2D eigenvalue weighted by molar-refractivity contribution is -0.384. The van der Waals surface area contributed by atoms with Gasteiger partial charge in [-0.2, -0.15) is 0 Å². The Bertz CT molecular complexity index is 686. The van der Waals surface area contributed by atoms with E-state index in [1.807, 2.05) is 6.07 Å². The summed E-state index contributed by atoms with van der Waals surface area (Å²) >= 11 is 3.29. The lowest BCUT2D eigenvalue weighted by Crippen LogP contribution is -2.12. The van der Waals surface area contributed by atoms with E-state index < -0.39 is 4.92 Å². The van der Waals surface area contributed by atoms with E-state index >= 15 is 0 Å². The Labute approximate surface area is 123 Å². The minimum absolute atomic E-state index is 0.0554. The number of hydrogen-bond acceptors (Lipinski definition) is 3. The van der Waals surface area contributed by atoms with E-state index in [2.05, 4.69) is 21.2 Å². The Balaban J connectivity index is 2.27. The van der Waals surface area contributed by atoms with Gasteiger partial charge in [0.1, 0.15) is 0 Å². The highest BCUT2D eigenvalue weighted by atomic mass is 79.9. The molecule has 20 heavy (non-hydrogen) atoms. The van der Waals surface area contributed by atoms with Crippen molar-refractivity contribution in [1.29, 1.82) is 0 Å². The van der Waals surface area contributed by atoms with Crippen molar-refractivity contribution < 1.29 is 9.72 Å². The Hall–Kier alpha value is -2.21. The molecule has 0 saturated carbocycles. The molecule has 2 rings (SSSR count). The average molecular weight is 335 g/mol. The van der Waals surface area contributed by atoms with Gasteiger partial charge < -0.3 is 5.32 Å². The first-order valence-electron chi connectivity index (χ1n) is 5.79. The zero-order valence-electron chi connectivity index (χ0n) is 10.6. The van der Waals surface area contributed by atoms with Crippen molar-refractivity contribution in [3.63, 3.8) is 0 Å². The number of nitrogens with zero attached hydrogens (tertiary/aromatic N) is 1. The molecule has 0 saturated heterocycles. The van der Waals surface area contributed by atoms with Gasteiger partial charge in [-0.25, -0.2) is 0 Å². The van der Waals surface area contributed by atoms with Crippen molar-refractivity contribution in [3.05, 3.63) is 68.2 Å². The molecule has 0 bridgehead atoms. The minimum Gasteiger partial charge on any atom is -0.321 e. The van der Waals surface area contributed by atoms with Crippen molar-refractivity contribution in [1.82, 2.24) is 0 Å². The van der Waals surface area contributed by atoms with Gasteiger partial charge in [0.05, 0.1) is 10.6 Å². The van der Waals surface area contributed by atoms with Crippen LogP contribution in [-0.4, -0.2) is 10.8 Å². The fourth-order valence-corrected chi connectivity index (χ4v) is 2.08. The molecule has 0 aliphatic carbocycles. The van der Waals surface area contributed by atoms with E-state index in [4.69, 9.17) is 0 Å². The molecule has 6 heteroatoms. The molecule has 0 aliphatic rings. The molecule has 5 nitrogen and oxygen atoms in total. The monoisotopic (exact) mass is 334 g/mol. The summed E-state index contributed by atoms with van der Waals surface area (Å²) in [6, 6.07) is 11.3. The fourth-order valence-electron chi connectivity index (χ4n) is 1.68. The zero-order chi connectivity index (χ0) is 14.7. The first-order chi connectivity index (χ1) is 9.47. The molecule has 0 fully saturated rings. The molecule has 2 aromatic rings. The molecule has 0 heterocycles. The van der Waals surface area contributed by atoms with Crippen LogP contribution in [0.25, 0.3) is 0 Å². The van der Waals surface area contributed by atoms with Gasteiger partial charge in [0.15, 0.2) is 0 Å². The van der Waals surface area contributed by atoms with Crippen molar-refractivity contribution in [3.8, 4) is 0 Å². The van der Waals surface area contributed by atoms with Crippen molar-refractivity contribution >= 4 is 33.2 Å². The zero-order valence-corrected chi connectivity index (χ0v) is 12.2. The molecular weight excluding hydrogens is 324 g/mol. The van der Waals surface area contributed by atoms with E-state index in [0.717, 1.165) is 10.0 Å². The summed E-state index contributed by atoms with van der Waals surface area (Å²) in [5.41, 5.74) is 1.62. The molecular formula is C14H11BrN2O3. The number of hydrogen-bond donors (Lipinski definition) is 1. The lowest BCUT2D eigenvalue weighted by atomic mass is 10.1. The maximum Gasteiger partial charge on any atom is 0.271 e. The maximum absolute atomic E-state index is 12.1. The molecule has 2 aromatic carbocycles. The van der Waals surface area contributed by atoms with Crippen LogP contribution in [0.4, 0.5) is 11.4 Å². The Morgan fingerprint density at radius 2 is 2.00 bits per heavy atom. The third-order valence-electron chi connectivity index (χ3n) is 2.77. The van der Waals surface area contributed by atoms with E-state index in [0.29, 0.717) is 11.3 Å². The number of nitro groups is 1. The number of carbonyl (C=O) groups is 1. The van der Waals surface area contributed by atoms with Gasteiger partial charge in [0.2, 0.25) is 0 Å². The number of amides is 1. The Kier molecular flexibility index (Phi) is 4.14. The van der Waals surface area contributed by atoms with Gasteiger partial charge in [0, 0.05) is 22.2 Å². The maximum atomic E-state index is 12.1. The van der Waals surface area contributed by atoms with Gasteiger partial charge in [-0.1, -0.05) is 28.1 Å². The molecule has 0 aromatic heterocycles. The molecule has 1 amide bonds. The minimum atomic E-state index is -0.492. The number of halogens is 1. The summed E-state index contributed by atoms with van der Waals surface area (Å²) in [5.74, 6) is -0.310. The second-order valence-corrected chi connectivity index (χ2v) is 5.14. The Morgan fingerprint density at radius 1 is 1.25 bits per heavy atom. The average Bonchev–Trinajstić information content (AvgIpc) is 2.41. The summed E-state index contributed by atoms with van der Waals surface area (Å²) in [5, 5.41) is 13.4. The van der Waals surface area contributed by atoms with E-state index in [1.54, 1.807) is 31.2 Å². The van der Waals surface area contributed by atoms with Crippen molar-refractivity contribution in [2.75, 3.05) is 5.32 Å². The number of aryl methyl sites for hydroxylation is 1. The van der Waals surface area contributed by atoms with Crippen LogP contribution in [0.15, 0.2) is 46.9 Å². The highest BCUT2D eigenvalue weighted by Gasteiger charge is 2.12. The normalized spacial score (nSPS) is 10.1. The van der Waals surface area contributed by atoms with E-state index in [9.17, 15) is 14.9 Å². The SMILES string of the molecule is Cc1ccc([N+](=O)[O-])cc1NC(=O)c1cccc(Br)c1. The first-order valence-corrected chi connectivity index (χ1v) is 6.58. The third kappa shape index (κ3) is 3.21. The highest BCUT2D eigenvalue weighted by molar-refractivity contribution is 9.10. The highest BCUT2D eigenvalue weighted by Crippen LogP contribution is 2.22. The van der Waals surface area contributed by atoms with E-state index in [1.165, 1.54) is 12.1 Å². The molecule has 0 radical (unpaired) electrons. The summed E-state index contributed by atoms with van der Waals surface area (Å²) in [4.78, 5) is 22.4. The summed E-state index contributed by atoms with van der Waals surface area (Å²) in [6.07, 6.45) is 0. The molecule has 0 aliphatic heterocycles. The smallest absolute Gasteiger partial charge is 0.271 e. The van der Waals surface area contributed by atoms with Crippen LogP contribution < -0.4 is 5.32 Å². The number of non-ortho nitro benzene ring substituents is 1. The second-order valence-electron chi connectivity index (χ2n) is 4.22. The van der Waals surface area contributed by atoms with Crippen LogP contribution in [0.3, 0.4) is 0 Å². The van der Waals surface area contributed by atoms with Crippen LogP contribution in [0, 0.1) is 17.0 Å². The molecule has 0 atom stereocenters. The standard InChI is InChI=1S/C14H11BrN2O3/c1-9-5-6-12(17(19)20)8-13(9)16-14(18)10-3-2-4-11(15)7-10/h2-8H,1H3,(H,16,18). The van der Waals surface area contributed by atoms with Gasteiger partial charge in [-0.15, -0.1) is 0 Å². The number of nitrogens with one attached hydrogen (secondary N) is 1. The first kappa shape index (κ1) is 14.2. The van der Waals surface area contributed by atoms with Gasteiger partial charge >= 0.3 is 0 Å². The topological polar surface area (TPSA) is 72.2 Å². The van der Waals surface area contributed by atoms with Crippen LogP contribution in [0.2, 0.25) is 0 Å². The van der Waals surface area contributed by atoms with Gasteiger partial charge in [-0.05, 0) is 30.7 Å². The van der Waals surface area contributed by atoms with Crippen LogP contribution >= 0.6 is 15.9 Å². The summed E-state index contributed by atoms with van der Waals surface area (Å²) in [6.45, 7) is 1.78. The number of anilines is 1. The summed E-state index contributed by atoms with van der Waals surface area (Å²) < 4.78 is 0.793. The fraction of sp³-hybridized carbons (Fsp3) is 0.0714. The summed E-state index contributed by atoms with van der Waals surface area (Å²) in [7, 11) is 0. The molecule has 0 spiro atoms. The predicted octanol–water partition coefficient (Wildman–Crippen LogP) is 3.92. The second kappa shape index (κ2) is 5.83. The molecule has 102 valence electrons. The molecule has 0 unspecified atom stereocenters. The Morgan fingerprint density at radius 3 is 2.65 bits per heavy atom. The lowest BCUT2D eigenvalue weighted by Gasteiger charge is -2.08. The van der Waals surface area contributed by atoms with Crippen molar-refractivity contribution in [2.24, 2.45) is 0 Å². The van der Waals surface area contributed by atoms with E-state index in [-0.39, 0.29) is 11.6 Å². The molecule has 1 N–H and O–H groups in total. The van der Waals surface area contributed by atoms with Crippen LogP contribution in [-0.2, 0) is 0 Å². The third-order valence-corrected chi connectivity index (χ3v) is 3.26. The predicted molar refractivity (Wildman–Crippen MR) is 79.9 cm³/mol. The quantitative estimate of drug-likeness (QED) is 0.683.